The SMILES string of the molecule is O=C(O)c1nc[nH]c1-c1nc(Cc2ccncc2)no1. The summed E-state index contributed by atoms with van der Waals surface area (Å²) in [5.74, 6) is -0.601. The lowest BCUT2D eigenvalue weighted by atomic mass is 10.2. The molecule has 20 heavy (non-hydrogen) atoms. The highest BCUT2D eigenvalue weighted by Gasteiger charge is 2.20. The number of rotatable bonds is 4. The van der Waals surface area contributed by atoms with Crippen LogP contribution in [0.2, 0.25) is 0 Å². The molecule has 0 amide bonds. The number of carboxylic acids is 1. The number of imidazole rings is 1. The number of hydrogen-bond acceptors (Lipinski definition) is 6. The zero-order valence-corrected chi connectivity index (χ0v) is 10.1. The van der Waals surface area contributed by atoms with Gasteiger partial charge in [0.1, 0.15) is 5.69 Å². The molecule has 0 aliphatic heterocycles. The number of hydrogen-bond donors (Lipinski definition) is 2. The van der Waals surface area contributed by atoms with Gasteiger partial charge in [-0.25, -0.2) is 9.78 Å². The van der Waals surface area contributed by atoms with Crippen LogP contribution in [-0.4, -0.2) is 36.2 Å². The van der Waals surface area contributed by atoms with Crippen LogP contribution in [0.5, 0.6) is 0 Å². The third-order valence-electron chi connectivity index (χ3n) is 2.64. The molecule has 8 heteroatoms. The van der Waals surface area contributed by atoms with Crippen LogP contribution in [0, 0.1) is 0 Å². The monoisotopic (exact) mass is 271 g/mol. The topological polar surface area (TPSA) is 118 Å². The first-order valence-electron chi connectivity index (χ1n) is 5.72. The van der Waals surface area contributed by atoms with Crippen molar-refractivity contribution in [1.82, 2.24) is 25.1 Å². The Kier molecular flexibility index (Phi) is 2.96. The molecule has 3 heterocycles. The predicted molar refractivity (Wildman–Crippen MR) is 65.9 cm³/mol. The highest BCUT2D eigenvalue weighted by Crippen LogP contribution is 2.19. The highest BCUT2D eigenvalue weighted by molar-refractivity contribution is 5.91. The van der Waals surface area contributed by atoms with E-state index < -0.39 is 5.97 Å². The molecule has 0 aliphatic carbocycles. The first-order chi connectivity index (χ1) is 9.74. The standard InChI is InChI=1S/C12H9N5O3/c18-12(19)10-9(14-6-15-10)11-16-8(17-20-11)5-7-1-3-13-4-2-7/h1-4,6H,5H2,(H,14,15)(H,18,19). The van der Waals surface area contributed by atoms with Crippen molar-refractivity contribution in [2.75, 3.05) is 0 Å². The molecule has 0 aliphatic rings. The Morgan fingerprint density at radius 1 is 1.35 bits per heavy atom. The van der Waals surface area contributed by atoms with E-state index in [1.807, 2.05) is 12.1 Å². The Morgan fingerprint density at radius 2 is 2.15 bits per heavy atom. The predicted octanol–water partition coefficient (Wildman–Crippen LogP) is 1.14. The van der Waals surface area contributed by atoms with Crippen LogP contribution in [0.4, 0.5) is 0 Å². The van der Waals surface area contributed by atoms with E-state index in [9.17, 15) is 4.79 Å². The number of aromatic nitrogens is 5. The highest BCUT2D eigenvalue weighted by atomic mass is 16.5. The summed E-state index contributed by atoms with van der Waals surface area (Å²) in [4.78, 5) is 25.4. The average Bonchev–Trinajstić information content (AvgIpc) is 3.07. The van der Waals surface area contributed by atoms with E-state index >= 15 is 0 Å². The molecule has 3 aromatic heterocycles. The number of carboxylic acid groups (broad SMARTS) is 1. The van der Waals surface area contributed by atoms with Crippen molar-refractivity contribution in [3.63, 3.8) is 0 Å². The number of nitrogens with one attached hydrogen (secondary N) is 1. The van der Waals surface area contributed by atoms with Crippen LogP contribution in [0.3, 0.4) is 0 Å². The average molecular weight is 271 g/mol. The van der Waals surface area contributed by atoms with Crippen LogP contribution in [0.15, 0.2) is 35.4 Å². The summed E-state index contributed by atoms with van der Waals surface area (Å²) in [6.07, 6.45) is 5.09. The van der Waals surface area contributed by atoms with Crippen molar-refractivity contribution in [1.29, 1.82) is 0 Å². The normalized spacial score (nSPS) is 10.6. The molecule has 8 nitrogen and oxygen atoms in total. The lowest BCUT2D eigenvalue weighted by molar-refractivity contribution is 0.0691. The first kappa shape index (κ1) is 12.0. The maximum atomic E-state index is 11.0. The molecule has 2 N–H and O–H groups in total. The molecule has 0 radical (unpaired) electrons. The van der Waals surface area contributed by atoms with Crippen LogP contribution in [0.1, 0.15) is 21.9 Å². The lowest BCUT2D eigenvalue weighted by Crippen LogP contribution is -1.99. The van der Waals surface area contributed by atoms with E-state index in [0.29, 0.717) is 12.2 Å². The van der Waals surface area contributed by atoms with Crippen molar-refractivity contribution in [3.05, 3.63) is 47.9 Å². The molecule has 0 spiro atoms. The second kappa shape index (κ2) is 4.92. The molecule has 0 fully saturated rings. The Labute approximate surface area is 112 Å². The van der Waals surface area contributed by atoms with Crippen molar-refractivity contribution in [2.45, 2.75) is 6.42 Å². The molecule has 3 rings (SSSR count). The first-order valence-corrected chi connectivity index (χ1v) is 5.72. The molecular formula is C12H9N5O3. The van der Waals surface area contributed by atoms with Gasteiger partial charge >= 0.3 is 5.97 Å². The van der Waals surface area contributed by atoms with E-state index in [2.05, 4.69) is 25.1 Å². The second-order valence-corrected chi connectivity index (χ2v) is 3.98. The smallest absolute Gasteiger partial charge is 0.356 e. The minimum Gasteiger partial charge on any atom is -0.476 e. The number of nitrogens with zero attached hydrogens (tertiary/aromatic N) is 4. The number of aromatic amines is 1. The molecule has 3 aromatic rings. The molecule has 0 aromatic carbocycles. The summed E-state index contributed by atoms with van der Waals surface area (Å²) >= 11 is 0. The summed E-state index contributed by atoms with van der Waals surface area (Å²) in [5.41, 5.74) is 1.03. The van der Waals surface area contributed by atoms with Crippen LogP contribution in [-0.2, 0) is 6.42 Å². The van der Waals surface area contributed by atoms with Crippen molar-refractivity contribution < 1.29 is 14.4 Å². The van der Waals surface area contributed by atoms with Crippen LogP contribution < -0.4 is 0 Å². The zero-order chi connectivity index (χ0) is 13.9. The molecule has 100 valence electrons. The van der Waals surface area contributed by atoms with Gasteiger partial charge in [0.15, 0.2) is 11.5 Å². The Balaban J connectivity index is 1.87. The molecule has 0 saturated carbocycles. The van der Waals surface area contributed by atoms with Gasteiger partial charge in [-0.3, -0.25) is 4.98 Å². The maximum Gasteiger partial charge on any atom is 0.356 e. The fourth-order valence-electron chi connectivity index (χ4n) is 1.73. The van der Waals surface area contributed by atoms with Gasteiger partial charge in [-0.2, -0.15) is 4.98 Å². The molecular weight excluding hydrogens is 262 g/mol. The third kappa shape index (κ3) is 2.26. The maximum absolute atomic E-state index is 11.0. The molecule has 0 bridgehead atoms. The van der Waals surface area contributed by atoms with Crippen molar-refractivity contribution >= 4 is 5.97 Å². The summed E-state index contributed by atoms with van der Waals surface area (Å²) in [5, 5.41) is 12.8. The number of pyridine rings is 1. The van der Waals surface area contributed by atoms with Gasteiger partial charge in [0.05, 0.1) is 6.33 Å². The minimum absolute atomic E-state index is 0.101. The van der Waals surface area contributed by atoms with Gasteiger partial charge < -0.3 is 14.6 Å². The van der Waals surface area contributed by atoms with Gasteiger partial charge in [-0.05, 0) is 17.7 Å². The third-order valence-corrected chi connectivity index (χ3v) is 2.64. The molecule has 0 atom stereocenters. The minimum atomic E-state index is -1.16. The van der Waals surface area contributed by atoms with E-state index in [-0.39, 0.29) is 17.3 Å². The van der Waals surface area contributed by atoms with E-state index in [1.165, 1.54) is 6.33 Å². The summed E-state index contributed by atoms with van der Waals surface area (Å²) in [7, 11) is 0. The van der Waals surface area contributed by atoms with Gasteiger partial charge in [0.25, 0.3) is 5.89 Å². The van der Waals surface area contributed by atoms with Crippen molar-refractivity contribution in [2.24, 2.45) is 0 Å². The number of H-pyrrole nitrogens is 1. The van der Waals surface area contributed by atoms with Gasteiger partial charge in [-0.1, -0.05) is 5.16 Å². The van der Waals surface area contributed by atoms with Gasteiger partial charge in [0, 0.05) is 18.8 Å². The van der Waals surface area contributed by atoms with E-state index in [1.54, 1.807) is 12.4 Å². The van der Waals surface area contributed by atoms with Crippen LogP contribution >= 0.6 is 0 Å². The fraction of sp³-hybridized carbons (Fsp3) is 0.0833. The summed E-state index contributed by atoms with van der Waals surface area (Å²) in [6, 6.07) is 3.68. The van der Waals surface area contributed by atoms with E-state index in [0.717, 1.165) is 5.56 Å². The van der Waals surface area contributed by atoms with Crippen molar-refractivity contribution in [3.8, 4) is 11.6 Å². The second-order valence-electron chi connectivity index (χ2n) is 3.98. The lowest BCUT2D eigenvalue weighted by Gasteiger charge is -1.93. The van der Waals surface area contributed by atoms with Gasteiger partial charge in [0.2, 0.25) is 0 Å². The molecule has 0 unspecified atom stereocenters. The largest absolute Gasteiger partial charge is 0.476 e. The zero-order valence-electron chi connectivity index (χ0n) is 10.1. The fourth-order valence-corrected chi connectivity index (χ4v) is 1.73. The summed E-state index contributed by atoms with van der Waals surface area (Å²) < 4.78 is 5.06. The summed E-state index contributed by atoms with van der Waals surface area (Å²) in [6.45, 7) is 0. The van der Waals surface area contributed by atoms with Gasteiger partial charge in [-0.15, -0.1) is 0 Å². The van der Waals surface area contributed by atoms with E-state index in [4.69, 9.17) is 9.63 Å². The Morgan fingerprint density at radius 3 is 2.90 bits per heavy atom. The Bertz CT molecular complexity index is 734. The quantitative estimate of drug-likeness (QED) is 0.730. The molecule has 0 saturated heterocycles. The number of aromatic carboxylic acids is 1. The Hall–Kier alpha value is -3.03. The number of carbonyl (C=O) groups is 1. The van der Waals surface area contributed by atoms with Crippen LogP contribution in [0.25, 0.3) is 11.6 Å².